The second kappa shape index (κ2) is 6.72. The van der Waals surface area contributed by atoms with Gasteiger partial charge in [0.25, 0.3) is 0 Å². The third-order valence-electron chi connectivity index (χ3n) is 5.56. The molecule has 0 unspecified atom stereocenters. The highest BCUT2D eigenvalue weighted by molar-refractivity contribution is 5.55. The zero-order valence-corrected chi connectivity index (χ0v) is 14.5. The number of anilines is 3. The van der Waals surface area contributed by atoms with Gasteiger partial charge < -0.3 is 20.3 Å². The molecule has 0 amide bonds. The molecule has 7 heteroatoms. The molecule has 0 saturated carbocycles. The fourth-order valence-electron chi connectivity index (χ4n) is 4.07. The Hall–Kier alpha value is -1.60. The zero-order valence-electron chi connectivity index (χ0n) is 14.5. The fourth-order valence-corrected chi connectivity index (χ4v) is 4.07. The van der Waals surface area contributed by atoms with Crippen LogP contribution >= 0.6 is 0 Å². The first-order valence-corrected chi connectivity index (χ1v) is 9.18. The number of likely N-dealkylation sites (tertiary alicyclic amines) is 1. The Morgan fingerprint density at radius 2 is 1.75 bits per heavy atom. The summed E-state index contributed by atoms with van der Waals surface area (Å²) in [6, 6.07) is 3.45. The number of morpholine rings is 1. The van der Waals surface area contributed by atoms with E-state index in [1.54, 1.807) is 0 Å². The van der Waals surface area contributed by atoms with Crippen LogP contribution in [0.25, 0.3) is 0 Å². The van der Waals surface area contributed by atoms with Gasteiger partial charge in [-0.15, -0.1) is 0 Å². The van der Waals surface area contributed by atoms with Crippen LogP contribution in [0.4, 0.5) is 17.6 Å². The van der Waals surface area contributed by atoms with Gasteiger partial charge in [-0.05, 0) is 26.3 Å². The van der Waals surface area contributed by atoms with Crippen molar-refractivity contribution in [2.75, 3.05) is 61.5 Å². The lowest BCUT2D eigenvalue weighted by molar-refractivity contribution is 0.0872. The zero-order chi connectivity index (χ0) is 16.5. The van der Waals surface area contributed by atoms with Crippen LogP contribution in [0.3, 0.4) is 0 Å². The molecule has 3 saturated heterocycles. The van der Waals surface area contributed by atoms with Crippen molar-refractivity contribution >= 4 is 17.6 Å². The van der Waals surface area contributed by atoms with Gasteiger partial charge in [-0.25, -0.2) is 0 Å². The SMILES string of the molecule is C[C@@H]1CCCCN1C1CN(c2cc(N3CCOCC3)nc(N)n2)C1. The first-order valence-electron chi connectivity index (χ1n) is 9.18. The number of rotatable bonds is 3. The molecule has 0 spiro atoms. The molecule has 1 atom stereocenters. The molecule has 4 heterocycles. The normalized spacial score (nSPS) is 26.5. The van der Waals surface area contributed by atoms with E-state index in [0.29, 0.717) is 18.0 Å². The summed E-state index contributed by atoms with van der Waals surface area (Å²) in [7, 11) is 0. The van der Waals surface area contributed by atoms with E-state index in [2.05, 4.69) is 37.7 Å². The molecule has 24 heavy (non-hydrogen) atoms. The maximum Gasteiger partial charge on any atom is 0.223 e. The van der Waals surface area contributed by atoms with Gasteiger partial charge >= 0.3 is 0 Å². The van der Waals surface area contributed by atoms with Gasteiger partial charge in [-0.2, -0.15) is 9.97 Å². The summed E-state index contributed by atoms with van der Waals surface area (Å²) < 4.78 is 5.42. The molecule has 0 aromatic carbocycles. The van der Waals surface area contributed by atoms with Crippen LogP contribution < -0.4 is 15.5 Å². The van der Waals surface area contributed by atoms with E-state index >= 15 is 0 Å². The van der Waals surface area contributed by atoms with Crippen LogP contribution in [-0.4, -0.2) is 72.9 Å². The molecule has 3 fully saturated rings. The number of nitrogen functional groups attached to an aromatic ring is 1. The summed E-state index contributed by atoms with van der Waals surface area (Å²) in [6.07, 6.45) is 4.04. The number of aromatic nitrogens is 2. The average molecular weight is 332 g/mol. The van der Waals surface area contributed by atoms with Crippen molar-refractivity contribution in [3.8, 4) is 0 Å². The molecule has 4 rings (SSSR count). The molecular formula is C17H28N6O. The highest BCUT2D eigenvalue weighted by Gasteiger charge is 2.36. The smallest absolute Gasteiger partial charge is 0.223 e. The largest absolute Gasteiger partial charge is 0.378 e. The van der Waals surface area contributed by atoms with Crippen molar-refractivity contribution in [1.82, 2.24) is 14.9 Å². The van der Waals surface area contributed by atoms with E-state index < -0.39 is 0 Å². The number of nitrogens with two attached hydrogens (primary N) is 1. The second-order valence-electron chi connectivity index (χ2n) is 7.18. The molecule has 0 bridgehead atoms. The van der Waals surface area contributed by atoms with Gasteiger partial charge in [0.1, 0.15) is 11.6 Å². The lowest BCUT2D eigenvalue weighted by Crippen LogP contribution is -2.62. The predicted molar refractivity (Wildman–Crippen MR) is 95.5 cm³/mol. The lowest BCUT2D eigenvalue weighted by atomic mass is 9.97. The van der Waals surface area contributed by atoms with Crippen molar-refractivity contribution in [3.63, 3.8) is 0 Å². The topological polar surface area (TPSA) is 70.8 Å². The van der Waals surface area contributed by atoms with Crippen molar-refractivity contribution in [2.24, 2.45) is 0 Å². The summed E-state index contributed by atoms with van der Waals surface area (Å²) in [5, 5.41) is 0. The van der Waals surface area contributed by atoms with E-state index in [1.165, 1.54) is 25.8 Å². The fraction of sp³-hybridized carbons (Fsp3) is 0.765. The maximum absolute atomic E-state index is 5.96. The second-order valence-corrected chi connectivity index (χ2v) is 7.18. The number of piperidine rings is 1. The van der Waals surface area contributed by atoms with E-state index in [-0.39, 0.29) is 0 Å². The number of ether oxygens (including phenoxy) is 1. The molecule has 1 aromatic heterocycles. The van der Waals surface area contributed by atoms with Crippen LogP contribution in [0.2, 0.25) is 0 Å². The van der Waals surface area contributed by atoms with Crippen molar-refractivity contribution in [2.45, 2.75) is 38.3 Å². The Morgan fingerprint density at radius 3 is 2.46 bits per heavy atom. The Kier molecular flexibility index (Phi) is 4.45. The van der Waals surface area contributed by atoms with Gasteiger partial charge in [-0.3, -0.25) is 4.90 Å². The highest BCUT2D eigenvalue weighted by atomic mass is 16.5. The first kappa shape index (κ1) is 15.9. The Morgan fingerprint density at radius 1 is 1.04 bits per heavy atom. The number of hydrogen-bond donors (Lipinski definition) is 1. The Labute approximate surface area is 143 Å². The van der Waals surface area contributed by atoms with Crippen molar-refractivity contribution < 1.29 is 4.74 Å². The summed E-state index contributed by atoms with van der Waals surface area (Å²) in [4.78, 5) is 16.1. The molecule has 3 aliphatic heterocycles. The van der Waals surface area contributed by atoms with Crippen LogP contribution in [-0.2, 0) is 4.74 Å². The molecule has 1 aromatic rings. The standard InChI is InChI=1S/C17H28N6O/c1-13-4-2-3-5-23(13)14-11-22(12-14)16-10-15(19-17(18)20-16)21-6-8-24-9-7-21/h10,13-14H,2-9,11-12H2,1H3,(H2,18,19,20)/t13-/m1/s1. The molecule has 3 aliphatic rings. The monoisotopic (exact) mass is 332 g/mol. The van der Waals surface area contributed by atoms with E-state index in [0.717, 1.165) is 51.0 Å². The number of nitrogens with zero attached hydrogens (tertiary/aromatic N) is 5. The van der Waals surface area contributed by atoms with Crippen molar-refractivity contribution in [1.29, 1.82) is 0 Å². The molecule has 7 nitrogen and oxygen atoms in total. The van der Waals surface area contributed by atoms with E-state index in [9.17, 15) is 0 Å². The van der Waals surface area contributed by atoms with Gasteiger partial charge in [0.2, 0.25) is 5.95 Å². The summed E-state index contributed by atoms with van der Waals surface area (Å²) >= 11 is 0. The van der Waals surface area contributed by atoms with Crippen LogP contribution in [0.1, 0.15) is 26.2 Å². The minimum Gasteiger partial charge on any atom is -0.378 e. The van der Waals surface area contributed by atoms with E-state index in [1.807, 2.05) is 0 Å². The maximum atomic E-state index is 5.96. The van der Waals surface area contributed by atoms with Gasteiger partial charge in [0, 0.05) is 44.3 Å². The minimum atomic E-state index is 0.365. The van der Waals surface area contributed by atoms with Crippen LogP contribution in [0.5, 0.6) is 0 Å². The van der Waals surface area contributed by atoms with Gasteiger partial charge in [0.05, 0.1) is 13.2 Å². The Balaban J connectivity index is 1.42. The van der Waals surface area contributed by atoms with Gasteiger partial charge in [-0.1, -0.05) is 6.42 Å². The molecule has 0 radical (unpaired) electrons. The first-order chi connectivity index (χ1) is 11.7. The third-order valence-corrected chi connectivity index (χ3v) is 5.56. The predicted octanol–water partition coefficient (Wildman–Crippen LogP) is 0.958. The molecule has 132 valence electrons. The van der Waals surface area contributed by atoms with E-state index in [4.69, 9.17) is 10.5 Å². The summed E-state index contributed by atoms with van der Waals surface area (Å²) in [6.45, 7) is 8.92. The number of hydrogen-bond acceptors (Lipinski definition) is 7. The average Bonchev–Trinajstić information content (AvgIpc) is 2.56. The molecule has 2 N–H and O–H groups in total. The highest BCUT2D eigenvalue weighted by Crippen LogP contribution is 2.29. The molecule has 0 aliphatic carbocycles. The van der Waals surface area contributed by atoms with Crippen molar-refractivity contribution in [3.05, 3.63) is 6.07 Å². The minimum absolute atomic E-state index is 0.365. The summed E-state index contributed by atoms with van der Waals surface area (Å²) in [5.41, 5.74) is 5.96. The van der Waals surface area contributed by atoms with Crippen LogP contribution in [0, 0.1) is 0 Å². The van der Waals surface area contributed by atoms with Crippen LogP contribution in [0.15, 0.2) is 6.07 Å². The quantitative estimate of drug-likeness (QED) is 0.884. The van der Waals surface area contributed by atoms with Gasteiger partial charge in [0.15, 0.2) is 0 Å². The summed E-state index contributed by atoms with van der Waals surface area (Å²) in [5.74, 6) is 2.25. The molecular weight excluding hydrogens is 304 g/mol. The third kappa shape index (κ3) is 3.15. The lowest BCUT2D eigenvalue weighted by Gasteiger charge is -2.49. The Bertz CT molecular complexity index is 570.